The maximum absolute atomic E-state index is 6.44. The van der Waals surface area contributed by atoms with Gasteiger partial charge in [-0.2, -0.15) is 0 Å². The summed E-state index contributed by atoms with van der Waals surface area (Å²) in [6, 6.07) is 17.4. The number of para-hydroxylation sites is 1. The lowest BCUT2D eigenvalue weighted by Gasteiger charge is -2.28. The second kappa shape index (κ2) is 6.31. The van der Waals surface area contributed by atoms with E-state index in [2.05, 4.69) is 60.4 Å². The minimum absolute atomic E-state index is 0.0664. The van der Waals surface area contributed by atoms with Gasteiger partial charge < -0.3 is 10.6 Å². The molecule has 1 aliphatic rings. The standard InChI is InChI=1S/C19H24N2/c1-15-9-11-16(12-10-15)18(20)14-21-13-5-4-7-17-6-2-3-8-19(17)21/h2-3,6,8-12,18H,4-5,7,13-14,20H2,1H3. The molecule has 0 bridgehead atoms. The average molecular weight is 280 g/mol. The van der Waals surface area contributed by atoms with E-state index >= 15 is 0 Å². The molecule has 0 saturated carbocycles. The molecule has 1 heterocycles. The highest BCUT2D eigenvalue weighted by molar-refractivity contribution is 5.54. The van der Waals surface area contributed by atoms with E-state index in [1.165, 1.54) is 41.6 Å². The lowest BCUT2D eigenvalue weighted by Crippen LogP contribution is -2.33. The summed E-state index contributed by atoms with van der Waals surface area (Å²) in [6.07, 6.45) is 3.70. The maximum atomic E-state index is 6.44. The van der Waals surface area contributed by atoms with Crippen LogP contribution in [0.15, 0.2) is 48.5 Å². The van der Waals surface area contributed by atoms with Gasteiger partial charge in [0.25, 0.3) is 0 Å². The van der Waals surface area contributed by atoms with Crippen molar-refractivity contribution < 1.29 is 0 Å². The maximum Gasteiger partial charge on any atom is 0.0473 e. The minimum atomic E-state index is 0.0664. The first kappa shape index (κ1) is 14.2. The summed E-state index contributed by atoms with van der Waals surface area (Å²) in [5.41, 5.74) is 11.8. The number of nitrogens with zero attached hydrogens (tertiary/aromatic N) is 1. The van der Waals surface area contributed by atoms with Gasteiger partial charge in [0.2, 0.25) is 0 Å². The second-order valence-corrected chi connectivity index (χ2v) is 6.05. The van der Waals surface area contributed by atoms with Crippen LogP contribution in [0.2, 0.25) is 0 Å². The Hall–Kier alpha value is -1.80. The van der Waals surface area contributed by atoms with Crippen LogP contribution in [0.25, 0.3) is 0 Å². The van der Waals surface area contributed by atoms with Crippen molar-refractivity contribution >= 4 is 5.69 Å². The van der Waals surface area contributed by atoms with Crippen LogP contribution >= 0.6 is 0 Å². The van der Waals surface area contributed by atoms with Crippen LogP contribution in [0.4, 0.5) is 5.69 Å². The van der Waals surface area contributed by atoms with Crippen LogP contribution in [0, 0.1) is 6.92 Å². The normalized spacial score (nSPS) is 16.2. The molecule has 0 aliphatic carbocycles. The minimum Gasteiger partial charge on any atom is -0.369 e. The summed E-state index contributed by atoms with van der Waals surface area (Å²) >= 11 is 0. The molecule has 1 aliphatic heterocycles. The molecular formula is C19H24N2. The van der Waals surface area contributed by atoms with Gasteiger partial charge in [-0.3, -0.25) is 0 Å². The number of hydrogen-bond acceptors (Lipinski definition) is 2. The largest absolute Gasteiger partial charge is 0.369 e. The lowest BCUT2D eigenvalue weighted by molar-refractivity contribution is 0.646. The van der Waals surface area contributed by atoms with Crippen molar-refractivity contribution in [2.75, 3.05) is 18.0 Å². The van der Waals surface area contributed by atoms with Gasteiger partial charge in [0.15, 0.2) is 0 Å². The van der Waals surface area contributed by atoms with Crippen molar-refractivity contribution in [3.05, 3.63) is 65.2 Å². The van der Waals surface area contributed by atoms with Crippen molar-refractivity contribution in [1.29, 1.82) is 0 Å². The smallest absolute Gasteiger partial charge is 0.0473 e. The van der Waals surface area contributed by atoms with E-state index < -0.39 is 0 Å². The molecule has 0 saturated heterocycles. The molecule has 2 N–H and O–H groups in total. The number of anilines is 1. The van der Waals surface area contributed by atoms with E-state index in [-0.39, 0.29) is 6.04 Å². The van der Waals surface area contributed by atoms with E-state index in [4.69, 9.17) is 5.73 Å². The molecule has 0 aromatic heterocycles. The van der Waals surface area contributed by atoms with Crippen LogP contribution in [0.1, 0.15) is 35.6 Å². The van der Waals surface area contributed by atoms with Gasteiger partial charge in [-0.25, -0.2) is 0 Å². The van der Waals surface area contributed by atoms with Gasteiger partial charge in [-0.15, -0.1) is 0 Å². The Balaban J connectivity index is 1.79. The van der Waals surface area contributed by atoms with Gasteiger partial charge in [0, 0.05) is 24.8 Å². The van der Waals surface area contributed by atoms with E-state index in [0.29, 0.717) is 0 Å². The highest BCUT2D eigenvalue weighted by Gasteiger charge is 2.17. The Labute approximate surface area is 127 Å². The van der Waals surface area contributed by atoms with Crippen LogP contribution in [0.3, 0.4) is 0 Å². The zero-order valence-corrected chi connectivity index (χ0v) is 12.8. The van der Waals surface area contributed by atoms with Crippen LogP contribution in [0.5, 0.6) is 0 Å². The number of rotatable bonds is 3. The highest BCUT2D eigenvalue weighted by atomic mass is 15.1. The number of benzene rings is 2. The zero-order valence-electron chi connectivity index (χ0n) is 12.8. The monoisotopic (exact) mass is 280 g/mol. The molecular weight excluding hydrogens is 256 g/mol. The molecule has 2 heteroatoms. The molecule has 0 fully saturated rings. The fourth-order valence-corrected chi connectivity index (χ4v) is 3.12. The summed E-state index contributed by atoms with van der Waals surface area (Å²) in [5, 5.41) is 0. The van der Waals surface area contributed by atoms with Gasteiger partial charge in [0.1, 0.15) is 0 Å². The Bertz CT molecular complexity index is 589. The Morgan fingerprint density at radius 1 is 1.05 bits per heavy atom. The van der Waals surface area contributed by atoms with Crippen molar-refractivity contribution in [3.63, 3.8) is 0 Å². The predicted octanol–water partition coefficient (Wildman–Crippen LogP) is 3.84. The fraction of sp³-hybridized carbons (Fsp3) is 0.368. The predicted molar refractivity (Wildman–Crippen MR) is 89.7 cm³/mol. The van der Waals surface area contributed by atoms with Gasteiger partial charge >= 0.3 is 0 Å². The molecule has 0 amide bonds. The first-order valence-corrected chi connectivity index (χ1v) is 7.89. The van der Waals surface area contributed by atoms with Gasteiger partial charge in [-0.05, 0) is 43.4 Å². The van der Waals surface area contributed by atoms with Crippen molar-refractivity contribution in [1.82, 2.24) is 0 Å². The number of nitrogens with two attached hydrogens (primary N) is 1. The molecule has 1 atom stereocenters. The quantitative estimate of drug-likeness (QED) is 0.925. The fourth-order valence-electron chi connectivity index (χ4n) is 3.12. The van der Waals surface area contributed by atoms with Crippen LogP contribution in [-0.2, 0) is 6.42 Å². The summed E-state index contributed by atoms with van der Waals surface area (Å²) in [6.45, 7) is 4.11. The molecule has 0 radical (unpaired) electrons. The molecule has 2 nitrogen and oxygen atoms in total. The van der Waals surface area contributed by atoms with Crippen LogP contribution < -0.4 is 10.6 Å². The molecule has 0 spiro atoms. The van der Waals surface area contributed by atoms with E-state index in [9.17, 15) is 0 Å². The second-order valence-electron chi connectivity index (χ2n) is 6.05. The van der Waals surface area contributed by atoms with E-state index in [0.717, 1.165) is 13.1 Å². The lowest BCUT2D eigenvalue weighted by atomic mass is 10.0. The summed E-state index contributed by atoms with van der Waals surface area (Å²) in [7, 11) is 0. The van der Waals surface area contributed by atoms with Gasteiger partial charge in [0.05, 0.1) is 0 Å². The first-order chi connectivity index (χ1) is 10.2. The third-order valence-electron chi connectivity index (χ3n) is 4.38. The summed E-state index contributed by atoms with van der Waals surface area (Å²) in [5.74, 6) is 0. The Morgan fingerprint density at radius 3 is 2.62 bits per heavy atom. The molecule has 1 unspecified atom stereocenters. The average Bonchev–Trinajstić information content (AvgIpc) is 2.71. The SMILES string of the molecule is Cc1ccc(C(N)CN2CCCCc3ccccc32)cc1. The topological polar surface area (TPSA) is 29.3 Å². The van der Waals surface area contributed by atoms with Gasteiger partial charge in [-0.1, -0.05) is 48.0 Å². The molecule has 21 heavy (non-hydrogen) atoms. The number of hydrogen-bond donors (Lipinski definition) is 1. The number of aryl methyl sites for hydroxylation is 2. The zero-order chi connectivity index (χ0) is 14.7. The van der Waals surface area contributed by atoms with E-state index in [1.807, 2.05) is 0 Å². The molecule has 2 aromatic rings. The van der Waals surface area contributed by atoms with Crippen LogP contribution in [-0.4, -0.2) is 13.1 Å². The Kier molecular flexibility index (Phi) is 4.26. The Morgan fingerprint density at radius 2 is 1.81 bits per heavy atom. The third-order valence-corrected chi connectivity index (χ3v) is 4.38. The molecule has 3 rings (SSSR count). The van der Waals surface area contributed by atoms with Crippen molar-refractivity contribution in [2.24, 2.45) is 5.73 Å². The number of fused-ring (bicyclic) bond motifs is 1. The summed E-state index contributed by atoms with van der Waals surface area (Å²) in [4.78, 5) is 2.47. The molecule has 2 aromatic carbocycles. The van der Waals surface area contributed by atoms with Crippen molar-refractivity contribution in [3.8, 4) is 0 Å². The summed E-state index contributed by atoms with van der Waals surface area (Å²) < 4.78 is 0. The first-order valence-electron chi connectivity index (χ1n) is 7.89. The van der Waals surface area contributed by atoms with E-state index in [1.54, 1.807) is 0 Å². The highest BCUT2D eigenvalue weighted by Crippen LogP contribution is 2.27. The van der Waals surface area contributed by atoms with Crippen molar-refractivity contribution in [2.45, 2.75) is 32.2 Å². The third kappa shape index (κ3) is 3.27. The molecule has 110 valence electrons.